The zero-order chi connectivity index (χ0) is 13.9. The molecule has 2 aromatic rings. The summed E-state index contributed by atoms with van der Waals surface area (Å²) in [4.78, 5) is 6.39. The molecule has 0 aliphatic carbocycles. The van der Waals surface area contributed by atoms with E-state index in [2.05, 4.69) is 64.7 Å². The zero-order valence-electron chi connectivity index (χ0n) is 11.2. The molecular formula is C16H17BrN2. The van der Waals surface area contributed by atoms with E-state index in [1.807, 2.05) is 30.5 Å². The van der Waals surface area contributed by atoms with Gasteiger partial charge in [-0.15, -0.1) is 6.58 Å². The molecule has 3 heteroatoms. The van der Waals surface area contributed by atoms with Crippen LogP contribution < -0.4 is 0 Å². The molecule has 0 aliphatic rings. The number of rotatable bonds is 4. The van der Waals surface area contributed by atoms with Gasteiger partial charge in [-0.1, -0.05) is 40.2 Å². The molecule has 0 spiro atoms. The van der Waals surface area contributed by atoms with E-state index >= 15 is 0 Å². The molecule has 1 heterocycles. The second-order valence-corrected chi connectivity index (χ2v) is 5.53. The molecule has 2 nitrogen and oxygen atoms in total. The number of halogens is 1. The quantitative estimate of drug-likeness (QED) is 0.797. The van der Waals surface area contributed by atoms with Crippen LogP contribution >= 0.6 is 15.9 Å². The third kappa shape index (κ3) is 2.48. The lowest BCUT2D eigenvalue weighted by Gasteiger charge is -2.38. The summed E-state index contributed by atoms with van der Waals surface area (Å²) >= 11 is 3.48. The van der Waals surface area contributed by atoms with Gasteiger partial charge in [0.1, 0.15) is 0 Å². The number of hydrogen-bond acceptors (Lipinski definition) is 2. The SMILES string of the molecule is C=CC(c1ccc(Br)cc1)(c1cccnc1)N(C)C. The van der Waals surface area contributed by atoms with E-state index < -0.39 is 0 Å². The van der Waals surface area contributed by atoms with E-state index in [0.29, 0.717) is 0 Å². The number of pyridine rings is 1. The Hall–Kier alpha value is -1.45. The van der Waals surface area contributed by atoms with E-state index in [9.17, 15) is 0 Å². The monoisotopic (exact) mass is 316 g/mol. The first kappa shape index (κ1) is 14.0. The highest BCUT2D eigenvalue weighted by atomic mass is 79.9. The number of aromatic nitrogens is 1. The minimum absolute atomic E-state index is 0.366. The van der Waals surface area contributed by atoms with Gasteiger partial charge in [-0.2, -0.15) is 0 Å². The largest absolute Gasteiger partial charge is 0.293 e. The van der Waals surface area contributed by atoms with Crippen LogP contribution in [0.3, 0.4) is 0 Å². The minimum atomic E-state index is -0.366. The van der Waals surface area contributed by atoms with Crippen LogP contribution in [0.2, 0.25) is 0 Å². The van der Waals surface area contributed by atoms with Crippen molar-refractivity contribution in [1.82, 2.24) is 9.88 Å². The summed E-state index contributed by atoms with van der Waals surface area (Å²) in [7, 11) is 4.10. The Bertz CT molecular complexity index is 549. The smallest absolute Gasteiger partial charge is 0.0910 e. The van der Waals surface area contributed by atoms with Gasteiger partial charge in [-0.3, -0.25) is 9.88 Å². The molecule has 2 rings (SSSR count). The van der Waals surface area contributed by atoms with Gasteiger partial charge in [0.05, 0.1) is 5.54 Å². The first-order valence-electron chi connectivity index (χ1n) is 6.09. The lowest BCUT2D eigenvalue weighted by molar-refractivity contribution is 0.257. The Morgan fingerprint density at radius 2 is 1.84 bits per heavy atom. The molecule has 0 radical (unpaired) electrons. The molecule has 0 saturated heterocycles. The van der Waals surface area contributed by atoms with Gasteiger partial charge in [0.15, 0.2) is 0 Å². The predicted molar refractivity (Wildman–Crippen MR) is 83.0 cm³/mol. The van der Waals surface area contributed by atoms with E-state index in [4.69, 9.17) is 0 Å². The van der Waals surface area contributed by atoms with Crippen LogP contribution in [-0.2, 0) is 5.54 Å². The van der Waals surface area contributed by atoms with Gasteiger partial charge in [0.25, 0.3) is 0 Å². The molecule has 1 aromatic heterocycles. The zero-order valence-corrected chi connectivity index (χ0v) is 12.8. The van der Waals surface area contributed by atoms with Gasteiger partial charge < -0.3 is 0 Å². The van der Waals surface area contributed by atoms with Crippen molar-refractivity contribution in [3.05, 3.63) is 77.0 Å². The summed E-state index contributed by atoms with van der Waals surface area (Å²) < 4.78 is 1.07. The number of nitrogens with zero attached hydrogens (tertiary/aromatic N) is 2. The number of likely N-dealkylation sites (N-methyl/N-ethyl adjacent to an activating group) is 1. The van der Waals surface area contributed by atoms with Crippen molar-refractivity contribution in [2.45, 2.75) is 5.54 Å². The van der Waals surface area contributed by atoms with Crippen LogP contribution in [0, 0.1) is 0 Å². The average molecular weight is 317 g/mol. The van der Waals surface area contributed by atoms with Crippen molar-refractivity contribution in [2.75, 3.05) is 14.1 Å². The van der Waals surface area contributed by atoms with E-state index in [1.165, 1.54) is 5.56 Å². The first-order valence-corrected chi connectivity index (χ1v) is 6.88. The molecule has 0 bridgehead atoms. The highest BCUT2D eigenvalue weighted by Gasteiger charge is 2.33. The Balaban J connectivity index is 2.64. The summed E-state index contributed by atoms with van der Waals surface area (Å²) in [5, 5.41) is 0. The lowest BCUT2D eigenvalue weighted by atomic mass is 9.82. The molecular weight excluding hydrogens is 300 g/mol. The van der Waals surface area contributed by atoms with Crippen LogP contribution in [-0.4, -0.2) is 24.0 Å². The fourth-order valence-corrected chi connectivity index (χ4v) is 2.66. The van der Waals surface area contributed by atoms with Crippen LogP contribution in [0.4, 0.5) is 0 Å². The standard InChI is InChI=1S/C16H17BrN2/c1-4-16(19(2)3,14-6-5-11-18-12-14)13-7-9-15(17)10-8-13/h4-12H,1H2,2-3H3. The maximum atomic E-state index is 4.24. The fourth-order valence-electron chi connectivity index (χ4n) is 2.39. The number of hydrogen-bond donors (Lipinski definition) is 0. The molecule has 0 fully saturated rings. The summed E-state index contributed by atoms with van der Waals surface area (Å²) in [6.07, 6.45) is 5.64. The average Bonchev–Trinajstić information content (AvgIpc) is 2.43. The molecule has 1 aromatic carbocycles. The summed E-state index contributed by atoms with van der Waals surface area (Å²) in [6, 6.07) is 12.4. The molecule has 0 aliphatic heterocycles. The van der Waals surface area contributed by atoms with Crippen molar-refractivity contribution in [2.24, 2.45) is 0 Å². The maximum absolute atomic E-state index is 4.24. The second kappa shape index (κ2) is 5.68. The van der Waals surface area contributed by atoms with Crippen LogP contribution in [0.1, 0.15) is 11.1 Å². The van der Waals surface area contributed by atoms with Crippen molar-refractivity contribution in [3.63, 3.8) is 0 Å². The van der Waals surface area contributed by atoms with Crippen molar-refractivity contribution in [1.29, 1.82) is 0 Å². The Morgan fingerprint density at radius 1 is 1.16 bits per heavy atom. The van der Waals surface area contributed by atoms with Crippen LogP contribution in [0.15, 0.2) is 65.9 Å². The number of benzene rings is 1. The Kier molecular flexibility index (Phi) is 4.17. The van der Waals surface area contributed by atoms with E-state index in [-0.39, 0.29) is 5.54 Å². The summed E-state index contributed by atoms with van der Waals surface area (Å²) in [6.45, 7) is 4.05. The molecule has 0 amide bonds. The molecule has 1 unspecified atom stereocenters. The predicted octanol–water partition coefficient (Wildman–Crippen LogP) is 3.84. The highest BCUT2D eigenvalue weighted by Crippen LogP contribution is 2.35. The van der Waals surface area contributed by atoms with Gasteiger partial charge in [-0.05, 0) is 43.4 Å². The lowest BCUT2D eigenvalue weighted by Crippen LogP contribution is -2.40. The van der Waals surface area contributed by atoms with Crippen molar-refractivity contribution in [3.8, 4) is 0 Å². The maximum Gasteiger partial charge on any atom is 0.0910 e. The molecule has 0 saturated carbocycles. The molecule has 0 N–H and O–H groups in total. The van der Waals surface area contributed by atoms with Crippen LogP contribution in [0.5, 0.6) is 0 Å². The van der Waals surface area contributed by atoms with Gasteiger partial charge in [0.2, 0.25) is 0 Å². The molecule has 19 heavy (non-hydrogen) atoms. The van der Waals surface area contributed by atoms with Gasteiger partial charge >= 0.3 is 0 Å². The first-order chi connectivity index (χ1) is 9.11. The second-order valence-electron chi connectivity index (χ2n) is 4.61. The van der Waals surface area contributed by atoms with Crippen molar-refractivity contribution < 1.29 is 0 Å². The normalized spacial score (nSPS) is 14.1. The van der Waals surface area contributed by atoms with Gasteiger partial charge in [0, 0.05) is 16.9 Å². The minimum Gasteiger partial charge on any atom is -0.293 e. The van der Waals surface area contributed by atoms with E-state index in [1.54, 1.807) is 6.20 Å². The third-order valence-corrected chi connectivity index (χ3v) is 3.92. The summed E-state index contributed by atoms with van der Waals surface area (Å²) in [5.41, 5.74) is 1.91. The van der Waals surface area contributed by atoms with Gasteiger partial charge in [-0.25, -0.2) is 0 Å². The fraction of sp³-hybridized carbons (Fsp3) is 0.188. The molecule has 1 atom stereocenters. The summed E-state index contributed by atoms with van der Waals surface area (Å²) in [5.74, 6) is 0. The highest BCUT2D eigenvalue weighted by molar-refractivity contribution is 9.10. The third-order valence-electron chi connectivity index (χ3n) is 3.39. The molecule has 98 valence electrons. The Labute approximate surface area is 122 Å². The Morgan fingerprint density at radius 3 is 2.32 bits per heavy atom. The van der Waals surface area contributed by atoms with Crippen LogP contribution in [0.25, 0.3) is 0 Å². The van der Waals surface area contributed by atoms with Crippen molar-refractivity contribution >= 4 is 15.9 Å². The van der Waals surface area contributed by atoms with E-state index in [0.717, 1.165) is 10.0 Å². The topological polar surface area (TPSA) is 16.1 Å².